The molecule has 2 unspecified atom stereocenters. The maximum absolute atomic E-state index is 12.4. The van der Waals surface area contributed by atoms with E-state index in [2.05, 4.69) is 10.3 Å². The quantitative estimate of drug-likeness (QED) is 0.882. The van der Waals surface area contributed by atoms with Gasteiger partial charge in [0, 0.05) is 16.8 Å². The summed E-state index contributed by atoms with van der Waals surface area (Å²) in [5, 5.41) is 13.1. The van der Waals surface area contributed by atoms with Crippen LogP contribution >= 0.6 is 23.1 Å². The fourth-order valence-corrected chi connectivity index (χ4v) is 4.83. The summed E-state index contributed by atoms with van der Waals surface area (Å²) < 4.78 is 0. The summed E-state index contributed by atoms with van der Waals surface area (Å²) in [5.74, 6) is 0.00836. The van der Waals surface area contributed by atoms with Crippen LogP contribution in [0.1, 0.15) is 22.7 Å². The molecule has 6 nitrogen and oxygen atoms in total. The Morgan fingerprint density at radius 1 is 1.52 bits per heavy atom. The lowest BCUT2D eigenvalue weighted by Gasteiger charge is -2.27. The van der Waals surface area contributed by atoms with Gasteiger partial charge in [-0.3, -0.25) is 4.90 Å². The molecule has 21 heavy (non-hydrogen) atoms. The molecular formula is C13H17N3O3S2. The summed E-state index contributed by atoms with van der Waals surface area (Å²) in [6.07, 6.45) is 3.91. The van der Waals surface area contributed by atoms with Crippen LogP contribution in [-0.2, 0) is 11.3 Å². The Hall–Kier alpha value is -1.28. The van der Waals surface area contributed by atoms with Gasteiger partial charge in [-0.05, 0) is 25.7 Å². The highest BCUT2D eigenvalue weighted by atomic mass is 32.2. The number of nitrogens with zero attached hydrogens (tertiary/aromatic N) is 2. The molecule has 114 valence electrons. The van der Waals surface area contributed by atoms with Crippen molar-refractivity contribution in [2.24, 2.45) is 5.92 Å². The van der Waals surface area contributed by atoms with Crippen LogP contribution < -0.4 is 5.32 Å². The molecule has 2 heterocycles. The lowest BCUT2D eigenvalue weighted by molar-refractivity contribution is -0.141. The number of aromatic nitrogens is 1. The first-order chi connectivity index (χ1) is 10.1. The molecule has 0 bridgehead atoms. The van der Waals surface area contributed by atoms with Crippen LogP contribution in [0.5, 0.6) is 0 Å². The highest BCUT2D eigenvalue weighted by Crippen LogP contribution is 2.45. The van der Waals surface area contributed by atoms with Crippen molar-refractivity contribution in [1.82, 2.24) is 15.2 Å². The number of carbonyl (C=O) groups is 2. The molecule has 2 fully saturated rings. The fraction of sp³-hybridized carbons (Fsp3) is 0.615. The molecule has 2 N–H and O–H groups in total. The largest absolute Gasteiger partial charge is 0.480 e. The maximum Gasteiger partial charge on any atom is 0.327 e. The second kappa shape index (κ2) is 5.84. The Kier molecular flexibility index (Phi) is 4.08. The SMILES string of the molecule is Cc1ncc(CNC(=O)N2C(C(=O)O)CSC2C2CC2)s1. The van der Waals surface area contributed by atoms with E-state index >= 15 is 0 Å². The Morgan fingerprint density at radius 3 is 2.86 bits per heavy atom. The number of carboxylic acid groups (broad SMARTS) is 1. The normalized spacial score (nSPS) is 25.1. The summed E-state index contributed by atoms with van der Waals surface area (Å²) in [6.45, 7) is 2.31. The van der Waals surface area contributed by atoms with Gasteiger partial charge in [0.05, 0.1) is 16.9 Å². The van der Waals surface area contributed by atoms with Crippen molar-refractivity contribution in [2.45, 2.75) is 37.7 Å². The summed E-state index contributed by atoms with van der Waals surface area (Å²) in [6, 6.07) is -1.00. The summed E-state index contributed by atoms with van der Waals surface area (Å²) in [7, 11) is 0. The van der Waals surface area contributed by atoms with Gasteiger partial charge in [-0.2, -0.15) is 0 Å². The average Bonchev–Trinajstić information content (AvgIpc) is 3.04. The minimum Gasteiger partial charge on any atom is -0.480 e. The van der Waals surface area contributed by atoms with Gasteiger partial charge in [0.15, 0.2) is 0 Å². The van der Waals surface area contributed by atoms with E-state index in [0.29, 0.717) is 18.2 Å². The van der Waals surface area contributed by atoms with E-state index in [1.807, 2.05) is 6.92 Å². The topological polar surface area (TPSA) is 82.5 Å². The third kappa shape index (κ3) is 3.16. The zero-order valence-electron chi connectivity index (χ0n) is 11.6. The lowest BCUT2D eigenvalue weighted by Crippen LogP contribution is -2.50. The second-order valence-electron chi connectivity index (χ2n) is 5.33. The Bertz CT molecular complexity index is 559. The van der Waals surface area contributed by atoms with Crippen LogP contribution in [0.25, 0.3) is 0 Å². The van der Waals surface area contributed by atoms with E-state index in [1.54, 1.807) is 18.0 Å². The number of rotatable bonds is 4. The van der Waals surface area contributed by atoms with Gasteiger partial charge >= 0.3 is 12.0 Å². The average molecular weight is 327 g/mol. The number of thioether (sulfide) groups is 1. The third-order valence-electron chi connectivity index (χ3n) is 3.66. The van der Waals surface area contributed by atoms with Crippen LogP contribution in [0.3, 0.4) is 0 Å². The lowest BCUT2D eigenvalue weighted by atomic mass is 10.2. The Morgan fingerprint density at radius 2 is 2.29 bits per heavy atom. The number of aryl methyl sites for hydroxylation is 1. The highest BCUT2D eigenvalue weighted by molar-refractivity contribution is 8.00. The van der Waals surface area contributed by atoms with Crippen molar-refractivity contribution in [1.29, 1.82) is 0 Å². The number of thiazole rings is 1. The molecule has 0 spiro atoms. The second-order valence-corrected chi connectivity index (χ2v) is 7.80. The number of hydrogen-bond donors (Lipinski definition) is 2. The molecule has 1 aliphatic carbocycles. The smallest absolute Gasteiger partial charge is 0.327 e. The standard InChI is InChI=1S/C13H17N3O3S2/c1-7-14-4-9(21-7)5-15-13(19)16-10(12(17)18)6-20-11(16)8-2-3-8/h4,8,10-11H,2-3,5-6H2,1H3,(H,15,19)(H,17,18). The van der Waals surface area contributed by atoms with Crippen LogP contribution in [0.4, 0.5) is 4.79 Å². The van der Waals surface area contributed by atoms with E-state index in [0.717, 1.165) is 22.7 Å². The Balaban J connectivity index is 1.66. The summed E-state index contributed by atoms with van der Waals surface area (Å²) in [5.41, 5.74) is 0. The first-order valence-corrected chi connectivity index (χ1v) is 8.74. The predicted molar refractivity (Wildman–Crippen MR) is 81.3 cm³/mol. The van der Waals surface area contributed by atoms with E-state index in [1.165, 1.54) is 16.2 Å². The molecule has 0 aromatic carbocycles. The zero-order valence-corrected chi connectivity index (χ0v) is 13.2. The molecule has 2 atom stereocenters. The van der Waals surface area contributed by atoms with Gasteiger partial charge in [-0.1, -0.05) is 0 Å². The van der Waals surface area contributed by atoms with Gasteiger partial charge in [-0.25, -0.2) is 14.6 Å². The number of amides is 2. The van der Waals surface area contributed by atoms with Crippen LogP contribution in [-0.4, -0.2) is 44.2 Å². The molecule has 1 aromatic heterocycles. The molecule has 2 aliphatic rings. The first kappa shape index (κ1) is 14.6. The predicted octanol–water partition coefficient (Wildman–Crippen LogP) is 1.90. The van der Waals surface area contributed by atoms with Crippen LogP contribution in [0.15, 0.2) is 6.20 Å². The summed E-state index contributed by atoms with van der Waals surface area (Å²) in [4.78, 5) is 30.4. The molecule has 8 heteroatoms. The number of hydrogen-bond acceptors (Lipinski definition) is 5. The Labute approximate surface area is 130 Å². The van der Waals surface area contributed by atoms with Crippen molar-refractivity contribution in [3.63, 3.8) is 0 Å². The van der Waals surface area contributed by atoms with E-state index in [4.69, 9.17) is 0 Å². The van der Waals surface area contributed by atoms with Crippen molar-refractivity contribution in [3.8, 4) is 0 Å². The summed E-state index contributed by atoms with van der Waals surface area (Å²) >= 11 is 3.12. The van der Waals surface area contributed by atoms with Gasteiger partial charge in [-0.15, -0.1) is 23.1 Å². The number of carboxylic acids is 1. The van der Waals surface area contributed by atoms with Gasteiger partial charge in [0.25, 0.3) is 0 Å². The van der Waals surface area contributed by atoms with Crippen molar-refractivity contribution < 1.29 is 14.7 Å². The molecule has 2 amide bonds. The molecule has 1 saturated carbocycles. The molecular weight excluding hydrogens is 310 g/mol. The van der Waals surface area contributed by atoms with Crippen molar-refractivity contribution >= 4 is 35.1 Å². The molecule has 1 aromatic rings. The molecule has 3 rings (SSSR count). The molecule has 1 saturated heterocycles. The minimum absolute atomic E-state index is 0.00861. The van der Waals surface area contributed by atoms with Crippen molar-refractivity contribution in [3.05, 3.63) is 16.1 Å². The van der Waals surface area contributed by atoms with E-state index in [9.17, 15) is 14.7 Å². The van der Waals surface area contributed by atoms with Crippen LogP contribution in [0, 0.1) is 12.8 Å². The van der Waals surface area contributed by atoms with Gasteiger partial charge in [0.1, 0.15) is 6.04 Å². The monoisotopic (exact) mass is 327 g/mol. The molecule has 0 radical (unpaired) electrons. The number of urea groups is 1. The number of carbonyl (C=O) groups excluding carboxylic acids is 1. The molecule has 1 aliphatic heterocycles. The van der Waals surface area contributed by atoms with Gasteiger partial charge in [0.2, 0.25) is 0 Å². The van der Waals surface area contributed by atoms with E-state index < -0.39 is 12.0 Å². The zero-order chi connectivity index (χ0) is 15.0. The maximum atomic E-state index is 12.4. The highest BCUT2D eigenvalue weighted by Gasteiger charge is 2.48. The number of aliphatic carboxylic acids is 1. The van der Waals surface area contributed by atoms with Gasteiger partial charge < -0.3 is 10.4 Å². The third-order valence-corrected chi connectivity index (χ3v) is 6.04. The number of nitrogens with one attached hydrogen (secondary N) is 1. The van der Waals surface area contributed by atoms with E-state index in [-0.39, 0.29) is 11.4 Å². The fourth-order valence-electron chi connectivity index (χ4n) is 2.46. The minimum atomic E-state index is -0.922. The van der Waals surface area contributed by atoms with Crippen LogP contribution in [0.2, 0.25) is 0 Å². The first-order valence-electron chi connectivity index (χ1n) is 6.88. The van der Waals surface area contributed by atoms with Crippen molar-refractivity contribution in [2.75, 3.05) is 5.75 Å².